The van der Waals surface area contributed by atoms with Gasteiger partial charge in [0, 0.05) is 46.3 Å². The van der Waals surface area contributed by atoms with Crippen LogP contribution in [0, 0.1) is 5.92 Å². The number of ether oxygens (including phenoxy) is 2. The molecule has 0 radical (unpaired) electrons. The molecular formula is C21H37N7O3. The van der Waals surface area contributed by atoms with Gasteiger partial charge in [0.1, 0.15) is 18.0 Å². The number of rotatable bonds is 5. The average Bonchev–Trinajstić information content (AvgIpc) is 3.12. The Morgan fingerprint density at radius 1 is 1.26 bits per heavy atom. The van der Waals surface area contributed by atoms with Crippen LogP contribution in [-0.4, -0.2) is 77.2 Å². The molecule has 3 heterocycles. The summed E-state index contributed by atoms with van der Waals surface area (Å²) in [7, 11) is 3.45. The second-order valence-electron chi connectivity index (χ2n) is 9.30. The van der Waals surface area contributed by atoms with Crippen LogP contribution in [0.15, 0.2) is 4.99 Å². The van der Waals surface area contributed by atoms with Crippen molar-refractivity contribution in [3.8, 4) is 0 Å². The molecule has 1 amide bonds. The molecule has 10 heteroatoms. The Morgan fingerprint density at radius 3 is 2.65 bits per heavy atom. The average molecular weight is 436 g/mol. The van der Waals surface area contributed by atoms with Crippen LogP contribution in [0.3, 0.4) is 0 Å². The lowest BCUT2D eigenvalue weighted by Gasteiger charge is -2.34. The summed E-state index contributed by atoms with van der Waals surface area (Å²) in [6, 6.07) is 0.254. The van der Waals surface area contributed by atoms with E-state index in [0.29, 0.717) is 12.5 Å². The van der Waals surface area contributed by atoms with Crippen molar-refractivity contribution in [1.29, 1.82) is 0 Å². The number of likely N-dealkylation sites (tertiary alicyclic amines) is 1. The van der Waals surface area contributed by atoms with Crippen molar-refractivity contribution in [3.05, 3.63) is 11.6 Å². The van der Waals surface area contributed by atoms with Crippen molar-refractivity contribution < 1.29 is 14.3 Å². The summed E-state index contributed by atoms with van der Waals surface area (Å²) >= 11 is 0. The van der Waals surface area contributed by atoms with E-state index in [1.165, 1.54) is 0 Å². The normalized spacial score (nSPS) is 20.4. The van der Waals surface area contributed by atoms with Crippen molar-refractivity contribution in [2.75, 3.05) is 33.8 Å². The molecule has 1 fully saturated rings. The van der Waals surface area contributed by atoms with Gasteiger partial charge in [-0.2, -0.15) is 5.10 Å². The third kappa shape index (κ3) is 6.81. The number of carbonyl (C=O) groups excluding carboxylic acids is 1. The number of fused-ring (bicyclic) bond motifs is 1. The maximum atomic E-state index is 12.2. The first-order valence-electron chi connectivity index (χ1n) is 11.1. The fourth-order valence-electron chi connectivity index (χ4n) is 3.94. The number of guanidine groups is 1. The summed E-state index contributed by atoms with van der Waals surface area (Å²) in [6.45, 7) is 9.19. The van der Waals surface area contributed by atoms with E-state index in [0.717, 1.165) is 69.5 Å². The third-order valence-corrected chi connectivity index (χ3v) is 5.56. The number of hydrogen-bond donors (Lipinski definition) is 2. The van der Waals surface area contributed by atoms with Gasteiger partial charge in [0.2, 0.25) is 0 Å². The third-order valence-electron chi connectivity index (χ3n) is 5.56. The second-order valence-corrected chi connectivity index (χ2v) is 9.30. The first-order chi connectivity index (χ1) is 14.8. The molecule has 1 aromatic rings. The lowest BCUT2D eigenvalue weighted by Crippen LogP contribution is -2.49. The van der Waals surface area contributed by atoms with Crippen LogP contribution in [0.5, 0.6) is 0 Å². The van der Waals surface area contributed by atoms with Gasteiger partial charge < -0.3 is 25.0 Å². The zero-order chi connectivity index (χ0) is 22.4. The minimum atomic E-state index is -0.453. The van der Waals surface area contributed by atoms with Gasteiger partial charge in [-0.3, -0.25) is 4.99 Å². The lowest BCUT2D eigenvalue weighted by atomic mass is 9.97. The standard InChI is InChI=1S/C21H37N7O3/c1-21(2,3)31-20(29)27-10-8-15(9-11-27)12-23-19(22-4)24-16-6-7-18-25-17(14-30-5)26-28(18)13-16/h15-16H,6-14H2,1-5H3,(H2,22,23,24). The molecule has 2 aliphatic rings. The predicted octanol–water partition coefficient (Wildman–Crippen LogP) is 1.55. The Bertz CT molecular complexity index is 764. The van der Waals surface area contributed by atoms with Gasteiger partial charge in [-0.25, -0.2) is 14.5 Å². The molecule has 1 atom stereocenters. The minimum absolute atomic E-state index is 0.213. The van der Waals surface area contributed by atoms with Crippen LogP contribution in [0.1, 0.15) is 51.7 Å². The molecule has 174 valence electrons. The van der Waals surface area contributed by atoms with Crippen molar-refractivity contribution in [1.82, 2.24) is 30.3 Å². The summed E-state index contributed by atoms with van der Waals surface area (Å²) in [5, 5.41) is 11.5. The van der Waals surface area contributed by atoms with Crippen LogP contribution >= 0.6 is 0 Å². The molecule has 2 aliphatic heterocycles. The molecule has 2 N–H and O–H groups in total. The molecule has 0 saturated carbocycles. The van der Waals surface area contributed by atoms with Crippen molar-refractivity contribution in [2.45, 2.75) is 71.2 Å². The van der Waals surface area contributed by atoms with E-state index in [2.05, 4.69) is 25.7 Å². The molecule has 1 saturated heterocycles. The molecule has 0 aliphatic carbocycles. The summed E-state index contributed by atoms with van der Waals surface area (Å²) in [6.07, 6.45) is 3.57. The highest BCUT2D eigenvalue weighted by atomic mass is 16.6. The van der Waals surface area contributed by atoms with E-state index in [4.69, 9.17) is 9.47 Å². The Balaban J connectivity index is 1.41. The molecular weight excluding hydrogens is 398 g/mol. The summed E-state index contributed by atoms with van der Waals surface area (Å²) < 4.78 is 12.6. The molecule has 10 nitrogen and oxygen atoms in total. The molecule has 0 spiro atoms. The van der Waals surface area contributed by atoms with Gasteiger partial charge in [-0.15, -0.1) is 0 Å². The number of nitrogens with zero attached hydrogens (tertiary/aromatic N) is 5. The number of aliphatic imine (C=N–C) groups is 1. The zero-order valence-electron chi connectivity index (χ0n) is 19.5. The minimum Gasteiger partial charge on any atom is -0.444 e. The summed E-state index contributed by atoms with van der Waals surface area (Å²) in [5.41, 5.74) is -0.453. The highest BCUT2D eigenvalue weighted by Gasteiger charge is 2.27. The van der Waals surface area contributed by atoms with Crippen LogP contribution in [-0.2, 0) is 29.0 Å². The van der Waals surface area contributed by atoms with E-state index in [1.807, 2.05) is 30.4 Å². The number of aryl methyl sites for hydroxylation is 1. The predicted molar refractivity (Wildman–Crippen MR) is 118 cm³/mol. The molecule has 3 rings (SSSR count). The second kappa shape index (κ2) is 10.3. The molecule has 31 heavy (non-hydrogen) atoms. The Hall–Kier alpha value is -2.36. The Labute approximate surface area is 184 Å². The largest absolute Gasteiger partial charge is 0.444 e. The highest BCUT2D eigenvalue weighted by Crippen LogP contribution is 2.19. The van der Waals surface area contributed by atoms with Crippen molar-refractivity contribution >= 4 is 12.1 Å². The van der Waals surface area contributed by atoms with Gasteiger partial charge in [-0.05, 0) is 46.0 Å². The fraction of sp³-hybridized carbons (Fsp3) is 0.810. The smallest absolute Gasteiger partial charge is 0.410 e. The number of hydrogen-bond acceptors (Lipinski definition) is 6. The van der Waals surface area contributed by atoms with Crippen molar-refractivity contribution in [3.63, 3.8) is 0 Å². The number of methoxy groups -OCH3 is 1. The van der Waals surface area contributed by atoms with E-state index in [9.17, 15) is 4.79 Å². The van der Waals surface area contributed by atoms with Crippen molar-refractivity contribution in [2.24, 2.45) is 10.9 Å². The van der Waals surface area contributed by atoms with Crippen LogP contribution in [0.4, 0.5) is 4.79 Å². The number of aromatic nitrogens is 3. The van der Waals surface area contributed by atoms with Crippen LogP contribution in [0.2, 0.25) is 0 Å². The summed E-state index contributed by atoms with van der Waals surface area (Å²) in [5.74, 6) is 3.06. The molecule has 0 aromatic carbocycles. The van der Waals surface area contributed by atoms with E-state index >= 15 is 0 Å². The first-order valence-corrected chi connectivity index (χ1v) is 11.1. The van der Waals surface area contributed by atoms with E-state index < -0.39 is 5.60 Å². The number of amides is 1. The topological polar surface area (TPSA) is 106 Å². The Morgan fingerprint density at radius 2 is 2.00 bits per heavy atom. The van der Waals surface area contributed by atoms with Gasteiger partial charge in [0.25, 0.3) is 0 Å². The molecule has 1 unspecified atom stereocenters. The maximum absolute atomic E-state index is 12.2. The number of carbonyl (C=O) groups is 1. The first kappa shape index (κ1) is 23.3. The van der Waals surface area contributed by atoms with Gasteiger partial charge in [0.05, 0.1) is 6.54 Å². The van der Waals surface area contributed by atoms with E-state index in [1.54, 1.807) is 14.2 Å². The maximum Gasteiger partial charge on any atom is 0.410 e. The Kier molecular flexibility index (Phi) is 7.74. The molecule has 0 bridgehead atoms. The number of piperidine rings is 1. The fourth-order valence-corrected chi connectivity index (χ4v) is 3.94. The molecule has 1 aromatic heterocycles. The van der Waals surface area contributed by atoms with Gasteiger partial charge in [-0.1, -0.05) is 0 Å². The quantitative estimate of drug-likeness (QED) is 0.534. The highest BCUT2D eigenvalue weighted by molar-refractivity contribution is 5.80. The lowest BCUT2D eigenvalue weighted by molar-refractivity contribution is 0.0185. The summed E-state index contributed by atoms with van der Waals surface area (Å²) in [4.78, 5) is 22.9. The van der Waals surface area contributed by atoms with Gasteiger partial charge >= 0.3 is 6.09 Å². The van der Waals surface area contributed by atoms with E-state index in [-0.39, 0.29) is 12.1 Å². The number of nitrogens with one attached hydrogen (secondary N) is 2. The van der Waals surface area contributed by atoms with Crippen LogP contribution in [0.25, 0.3) is 0 Å². The van der Waals surface area contributed by atoms with Gasteiger partial charge in [0.15, 0.2) is 11.8 Å². The SMILES string of the molecule is CN=C(NCC1CCN(C(=O)OC(C)(C)C)CC1)NC1CCc2nc(COC)nn2C1. The van der Waals surface area contributed by atoms with Crippen LogP contribution < -0.4 is 10.6 Å². The monoisotopic (exact) mass is 435 g/mol. The zero-order valence-corrected chi connectivity index (χ0v) is 19.5.